The van der Waals surface area contributed by atoms with Crippen molar-refractivity contribution in [3.8, 4) is 28.3 Å². The molecule has 1 aliphatic heterocycles. The van der Waals surface area contributed by atoms with Crippen molar-refractivity contribution in [1.82, 2.24) is 9.97 Å². The summed E-state index contributed by atoms with van der Waals surface area (Å²) in [6, 6.07) is 5.07. The maximum atomic E-state index is 15.3. The Kier molecular flexibility index (Phi) is 5.43. The van der Waals surface area contributed by atoms with Gasteiger partial charge in [0.25, 0.3) is 0 Å². The summed E-state index contributed by atoms with van der Waals surface area (Å²) in [6.07, 6.45) is 7.33. The molecule has 1 aliphatic carbocycles. The molecule has 2 aromatic heterocycles. The minimum Gasteiger partial charge on any atom is -0.388 e. The van der Waals surface area contributed by atoms with Crippen molar-refractivity contribution in [1.29, 1.82) is 5.26 Å². The highest BCUT2D eigenvalue weighted by atomic mass is 19.2. The van der Waals surface area contributed by atoms with E-state index in [0.29, 0.717) is 52.5 Å². The lowest BCUT2D eigenvalue weighted by molar-refractivity contribution is 0.424. The van der Waals surface area contributed by atoms with E-state index in [1.165, 1.54) is 12.3 Å². The van der Waals surface area contributed by atoms with Gasteiger partial charge < -0.3 is 16.0 Å². The van der Waals surface area contributed by atoms with Crippen molar-refractivity contribution in [2.45, 2.75) is 19.3 Å². The second kappa shape index (κ2) is 8.41. The summed E-state index contributed by atoms with van der Waals surface area (Å²) in [7, 11) is 1.70. The summed E-state index contributed by atoms with van der Waals surface area (Å²) in [4.78, 5) is 11.1. The number of halogens is 2. The largest absolute Gasteiger partial charge is 0.388 e. The molecule has 0 unspecified atom stereocenters. The molecule has 5 rings (SSSR count). The molecule has 0 amide bonds. The van der Waals surface area contributed by atoms with Crippen molar-refractivity contribution in [3.05, 3.63) is 59.2 Å². The molecular formula is C25H24F2N6. The second-order valence-corrected chi connectivity index (χ2v) is 8.61. The first-order chi connectivity index (χ1) is 16.0. The third-order valence-electron chi connectivity index (χ3n) is 6.67. The molecule has 1 fully saturated rings. The quantitative estimate of drug-likeness (QED) is 0.491. The van der Waals surface area contributed by atoms with Crippen molar-refractivity contribution in [2.24, 2.45) is 11.7 Å². The Morgan fingerprint density at radius 2 is 2.09 bits per heavy atom. The number of pyridine rings is 2. The van der Waals surface area contributed by atoms with Gasteiger partial charge in [-0.2, -0.15) is 5.26 Å². The fourth-order valence-electron chi connectivity index (χ4n) is 5.08. The lowest BCUT2D eigenvalue weighted by Crippen LogP contribution is -2.39. The fraction of sp³-hybridized carbons (Fsp3) is 0.320. The SMILES string of the molecule is CNc1cc(F)c(F)c2c1Cc1ncc(-c3cncc(C#N)c3)c(N3CCC[C@@H](CN)C3)c1-2. The molecule has 168 valence electrons. The monoisotopic (exact) mass is 446 g/mol. The Bertz CT molecular complexity index is 1280. The minimum absolute atomic E-state index is 0.262. The van der Waals surface area contributed by atoms with Crippen LogP contribution < -0.4 is 16.0 Å². The second-order valence-electron chi connectivity index (χ2n) is 8.61. The first-order valence-corrected chi connectivity index (χ1v) is 11.1. The number of piperidine rings is 1. The zero-order valence-electron chi connectivity index (χ0n) is 18.3. The summed E-state index contributed by atoms with van der Waals surface area (Å²) >= 11 is 0. The number of fused-ring (bicyclic) bond motifs is 3. The number of rotatable bonds is 4. The molecule has 1 saturated heterocycles. The number of nitrogens with one attached hydrogen (secondary N) is 1. The predicted octanol–water partition coefficient (Wildman–Crippen LogP) is 4.08. The number of anilines is 2. The minimum atomic E-state index is -0.895. The van der Waals surface area contributed by atoms with Gasteiger partial charge in [-0.05, 0) is 36.9 Å². The highest BCUT2D eigenvalue weighted by Crippen LogP contribution is 2.50. The van der Waals surface area contributed by atoms with E-state index in [9.17, 15) is 9.65 Å². The highest BCUT2D eigenvalue weighted by molar-refractivity contribution is 5.96. The van der Waals surface area contributed by atoms with E-state index in [2.05, 4.69) is 26.3 Å². The van der Waals surface area contributed by atoms with E-state index >= 15 is 4.39 Å². The molecule has 0 radical (unpaired) electrons. The van der Waals surface area contributed by atoms with E-state index in [-0.39, 0.29) is 5.56 Å². The van der Waals surface area contributed by atoms with Crippen LogP contribution in [0.5, 0.6) is 0 Å². The summed E-state index contributed by atoms with van der Waals surface area (Å²) in [5.74, 6) is -1.45. The third kappa shape index (κ3) is 3.49. The number of hydrogen-bond donors (Lipinski definition) is 2. The molecule has 3 heterocycles. The van der Waals surface area contributed by atoms with E-state index in [0.717, 1.165) is 37.2 Å². The standard InChI is InChI=1S/C25H24F2N6/c1-30-20-7-19(26)24(27)22-17(20)6-21-23(22)25(33-4-2-3-14(8-28)13-33)18(12-32-21)16-5-15(9-29)10-31-11-16/h5,7,10-12,14,30H,2-4,6,8,13,28H2,1H3/t14-/m0/s1. The zero-order valence-corrected chi connectivity index (χ0v) is 18.3. The van der Waals surface area contributed by atoms with Gasteiger partial charge in [-0.25, -0.2) is 8.78 Å². The van der Waals surface area contributed by atoms with Gasteiger partial charge in [0.2, 0.25) is 0 Å². The molecule has 8 heteroatoms. The lowest BCUT2D eigenvalue weighted by Gasteiger charge is -2.36. The van der Waals surface area contributed by atoms with Crippen LogP contribution in [0.2, 0.25) is 0 Å². The number of hydrogen-bond acceptors (Lipinski definition) is 6. The smallest absolute Gasteiger partial charge is 0.167 e. The molecule has 33 heavy (non-hydrogen) atoms. The van der Waals surface area contributed by atoms with Gasteiger partial charge in [0.15, 0.2) is 11.6 Å². The summed E-state index contributed by atoms with van der Waals surface area (Å²) in [6.45, 7) is 2.06. The Morgan fingerprint density at radius 1 is 1.24 bits per heavy atom. The Balaban J connectivity index is 1.80. The van der Waals surface area contributed by atoms with Crippen LogP contribution in [0.15, 0.2) is 30.7 Å². The van der Waals surface area contributed by atoms with Crippen molar-refractivity contribution < 1.29 is 8.78 Å². The molecule has 2 aliphatic rings. The van der Waals surface area contributed by atoms with Gasteiger partial charge >= 0.3 is 0 Å². The van der Waals surface area contributed by atoms with Gasteiger partial charge in [0.1, 0.15) is 6.07 Å². The number of nitrogens with two attached hydrogens (primary N) is 1. The molecule has 6 nitrogen and oxygen atoms in total. The van der Waals surface area contributed by atoms with Crippen LogP contribution in [0.4, 0.5) is 20.2 Å². The fourth-order valence-corrected chi connectivity index (χ4v) is 5.08. The van der Waals surface area contributed by atoms with E-state index in [4.69, 9.17) is 5.73 Å². The van der Waals surface area contributed by atoms with Gasteiger partial charge in [0, 0.05) is 79.2 Å². The number of benzene rings is 1. The van der Waals surface area contributed by atoms with Crippen molar-refractivity contribution in [3.63, 3.8) is 0 Å². The molecule has 3 N–H and O–H groups in total. The molecule has 0 spiro atoms. The molecule has 1 atom stereocenters. The first kappa shape index (κ1) is 21.3. The molecule has 1 aromatic carbocycles. The molecule has 0 saturated carbocycles. The van der Waals surface area contributed by atoms with Crippen molar-refractivity contribution in [2.75, 3.05) is 36.9 Å². The van der Waals surface area contributed by atoms with Crippen LogP contribution in [0, 0.1) is 28.9 Å². The van der Waals surface area contributed by atoms with Gasteiger partial charge in [-0.1, -0.05) is 0 Å². The molecule has 0 bridgehead atoms. The number of nitriles is 1. The van der Waals surface area contributed by atoms with E-state index < -0.39 is 11.6 Å². The number of nitrogens with zero attached hydrogens (tertiary/aromatic N) is 4. The third-order valence-corrected chi connectivity index (χ3v) is 6.67. The normalized spacial score (nSPS) is 16.8. The Hall–Kier alpha value is -3.57. The van der Waals surface area contributed by atoms with Crippen molar-refractivity contribution >= 4 is 11.4 Å². The van der Waals surface area contributed by atoms with E-state index in [1.54, 1.807) is 25.5 Å². The van der Waals surface area contributed by atoms with Gasteiger partial charge in [0.05, 0.1) is 16.9 Å². The van der Waals surface area contributed by atoms with Gasteiger partial charge in [-0.3, -0.25) is 9.97 Å². The van der Waals surface area contributed by atoms with Crippen LogP contribution in [0.25, 0.3) is 22.3 Å². The average Bonchev–Trinajstić information content (AvgIpc) is 3.25. The summed E-state index contributed by atoms with van der Waals surface area (Å²) in [5.41, 5.74) is 11.5. The predicted molar refractivity (Wildman–Crippen MR) is 124 cm³/mol. The summed E-state index contributed by atoms with van der Waals surface area (Å²) in [5, 5.41) is 12.4. The zero-order chi connectivity index (χ0) is 23.1. The molecular weight excluding hydrogens is 422 g/mol. The van der Waals surface area contributed by atoms with E-state index in [1.807, 2.05) is 0 Å². The average molecular weight is 447 g/mol. The van der Waals surface area contributed by atoms with Crippen LogP contribution in [0.3, 0.4) is 0 Å². The Morgan fingerprint density at radius 3 is 2.85 bits per heavy atom. The maximum Gasteiger partial charge on any atom is 0.167 e. The molecule has 3 aromatic rings. The van der Waals surface area contributed by atoms with Crippen LogP contribution in [0.1, 0.15) is 29.7 Å². The van der Waals surface area contributed by atoms with Gasteiger partial charge in [-0.15, -0.1) is 0 Å². The first-order valence-electron chi connectivity index (χ1n) is 11.1. The highest BCUT2D eigenvalue weighted by Gasteiger charge is 2.34. The topological polar surface area (TPSA) is 90.9 Å². The number of aromatic nitrogens is 2. The summed E-state index contributed by atoms with van der Waals surface area (Å²) < 4.78 is 29.9. The van der Waals surface area contributed by atoms with Crippen LogP contribution in [-0.4, -0.2) is 36.6 Å². The van der Waals surface area contributed by atoms with Crippen LogP contribution >= 0.6 is 0 Å². The van der Waals surface area contributed by atoms with Crippen LogP contribution in [-0.2, 0) is 6.42 Å². The maximum absolute atomic E-state index is 15.3. The Labute approximate surface area is 191 Å². The lowest BCUT2D eigenvalue weighted by atomic mass is 9.93.